The molecule has 0 rings (SSSR count). The minimum absolute atomic E-state index is 0.0153. The maximum atomic E-state index is 12.8. The van der Waals surface area contributed by atoms with Gasteiger partial charge >= 0.3 is 11.9 Å². The van der Waals surface area contributed by atoms with E-state index in [1.807, 2.05) is 6.92 Å². The average molecular weight is 811 g/mol. The third-order valence-corrected chi connectivity index (χ3v) is 9.55. The summed E-state index contributed by atoms with van der Waals surface area (Å²) in [5.74, 6) is 0.0313. The van der Waals surface area contributed by atoms with Gasteiger partial charge in [0.1, 0.15) is 0 Å². The third-order valence-electron chi connectivity index (χ3n) is 9.55. The summed E-state index contributed by atoms with van der Waals surface area (Å²) < 4.78 is 11.1. The van der Waals surface area contributed by atoms with Crippen LogP contribution in [0.5, 0.6) is 0 Å². The molecule has 10 nitrogen and oxygen atoms in total. The molecule has 0 fully saturated rings. The van der Waals surface area contributed by atoms with Crippen LogP contribution in [-0.2, 0) is 28.7 Å². The SMILES string of the molecule is C=C(N)NCC.CCC.CCCCCCCCC(CCCCCC)C(=O)OCCCCCCCCNC(=O)CNC(=O)CCCOC(=O)C(CCC)CCCCC. The Hall–Kier alpha value is -2.78. The number of hydrogen-bond acceptors (Lipinski definition) is 8. The van der Waals surface area contributed by atoms with E-state index in [1.54, 1.807) is 0 Å². The number of unbranched alkanes of at least 4 members (excludes halogenated alkanes) is 15. The van der Waals surface area contributed by atoms with Crippen LogP contribution in [0.2, 0.25) is 0 Å². The highest BCUT2D eigenvalue weighted by Crippen LogP contribution is 2.21. The highest BCUT2D eigenvalue weighted by atomic mass is 16.5. The Kier molecular flexibility index (Phi) is 48.9. The Morgan fingerprint density at radius 1 is 0.491 bits per heavy atom. The molecule has 0 saturated carbocycles. The molecule has 0 heterocycles. The van der Waals surface area contributed by atoms with Gasteiger partial charge in [-0.3, -0.25) is 19.2 Å². The van der Waals surface area contributed by atoms with Crippen molar-refractivity contribution in [2.24, 2.45) is 17.6 Å². The van der Waals surface area contributed by atoms with Crippen molar-refractivity contribution in [2.45, 2.75) is 222 Å². The predicted octanol–water partition coefficient (Wildman–Crippen LogP) is 11.2. The summed E-state index contributed by atoms with van der Waals surface area (Å²) in [4.78, 5) is 49.3. The normalized spacial score (nSPS) is 11.5. The van der Waals surface area contributed by atoms with Crippen molar-refractivity contribution in [3.63, 3.8) is 0 Å². The zero-order chi connectivity index (χ0) is 43.2. The van der Waals surface area contributed by atoms with E-state index in [1.165, 1.54) is 57.8 Å². The lowest BCUT2D eigenvalue weighted by Crippen LogP contribution is -2.37. The Labute approximate surface area is 352 Å². The molecule has 57 heavy (non-hydrogen) atoms. The van der Waals surface area contributed by atoms with Gasteiger partial charge in [-0.05, 0) is 51.9 Å². The molecule has 0 aromatic heterocycles. The minimum atomic E-state index is -0.208. The molecular formula is C47H94N4O6. The molecule has 0 aliphatic rings. The first-order chi connectivity index (χ1) is 27.6. The fraction of sp³-hybridized carbons (Fsp3) is 0.872. The Morgan fingerprint density at radius 2 is 0.912 bits per heavy atom. The molecule has 0 aliphatic carbocycles. The van der Waals surface area contributed by atoms with E-state index in [2.05, 4.69) is 64.1 Å². The summed E-state index contributed by atoms with van der Waals surface area (Å²) in [5, 5.41) is 8.31. The maximum Gasteiger partial charge on any atom is 0.308 e. The van der Waals surface area contributed by atoms with Crippen LogP contribution in [0.1, 0.15) is 222 Å². The van der Waals surface area contributed by atoms with Crippen LogP contribution in [-0.4, -0.2) is 56.6 Å². The lowest BCUT2D eigenvalue weighted by molar-refractivity contribution is -0.150. The summed E-state index contributed by atoms with van der Waals surface area (Å²) in [6.45, 7) is 20.5. The van der Waals surface area contributed by atoms with E-state index >= 15 is 0 Å². The van der Waals surface area contributed by atoms with E-state index in [0.29, 0.717) is 25.4 Å². The monoisotopic (exact) mass is 811 g/mol. The number of rotatable bonds is 37. The second-order valence-corrected chi connectivity index (χ2v) is 15.5. The number of carbonyl (C=O) groups excluding carboxylic acids is 4. The summed E-state index contributed by atoms with van der Waals surface area (Å²) in [6, 6.07) is 0. The number of esters is 2. The molecule has 2 atom stereocenters. The van der Waals surface area contributed by atoms with Gasteiger partial charge in [0.25, 0.3) is 0 Å². The van der Waals surface area contributed by atoms with Crippen molar-refractivity contribution in [1.29, 1.82) is 0 Å². The summed E-state index contributed by atoms with van der Waals surface area (Å²) in [6.07, 6.45) is 28.2. The van der Waals surface area contributed by atoms with Gasteiger partial charge < -0.3 is 31.2 Å². The highest BCUT2D eigenvalue weighted by Gasteiger charge is 2.20. The van der Waals surface area contributed by atoms with Gasteiger partial charge in [-0.25, -0.2) is 0 Å². The molecule has 10 heteroatoms. The zero-order valence-corrected chi connectivity index (χ0v) is 38.5. The quantitative estimate of drug-likeness (QED) is 0.0358. The molecule has 0 saturated heterocycles. The number of ether oxygens (including phenoxy) is 2. The van der Waals surface area contributed by atoms with Gasteiger partial charge in [-0.15, -0.1) is 0 Å². The molecule has 0 aromatic carbocycles. The second-order valence-electron chi connectivity index (χ2n) is 15.5. The van der Waals surface area contributed by atoms with Crippen LogP contribution >= 0.6 is 0 Å². The fourth-order valence-electron chi connectivity index (χ4n) is 6.27. The number of nitrogens with one attached hydrogen (secondary N) is 3. The summed E-state index contributed by atoms with van der Waals surface area (Å²) in [7, 11) is 0. The Morgan fingerprint density at radius 3 is 1.40 bits per heavy atom. The molecule has 0 aliphatic heterocycles. The van der Waals surface area contributed by atoms with Crippen LogP contribution < -0.4 is 21.7 Å². The van der Waals surface area contributed by atoms with Gasteiger partial charge in [0.15, 0.2) is 0 Å². The Balaban J connectivity index is -0.00000289. The van der Waals surface area contributed by atoms with Crippen molar-refractivity contribution in [3.05, 3.63) is 12.4 Å². The molecule has 338 valence electrons. The number of amides is 2. The van der Waals surface area contributed by atoms with Crippen molar-refractivity contribution in [3.8, 4) is 0 Å². The topological polar surface area (TPSA) is 149 Å². The smallest absolute Gasteiger partial charge is 0.308 e. The lowest BCUT2D eigenvalue weighted by atomic mass is 9.94. The summed E-state index contributed by atoms with van der Waals surface area (Å²) in [5.41, 5.74) is 5.10. The van der Waals surface area contributed by atoms with Crippen LogP contribution in [0, 0.1) is 11.8 Å². The van der Waals surface area contributed by atoms with Gasteiger partial charge in [0.2, 0.25) is 11.8 Å². The summed E-state index contributed by atoms with van der Waals surface area (Å²) >= 11 is 0. The first-order valence-electron chi connectivity index (χ1n) is 23.6. The number of carbonyl (C=O) groups is 4. The van der Waals surface area contributed by atoms with Crippen LogP contribution in [0.4, 0.5) is 0 Å². The molecule has 0 aromatic rings. The number of hydrogen-bond donors (Lipinski definition) is 4. The van der Waals surface area contributed by atoms with Gasteiger partial charge in [0.05, 0.1) is 37.4 Å². The molecular weight excluding hydrogens is 717 g/mol. The molecule has 0 radical (unpaired) electrons. The van der Waals surface area contributed by atoms with E-state index in [0.717, 1.165) is 109 Å². The second kappa shape index (κ2) is 47.6. The van der Waals surface area contributed by atoms with E-state index < -0.39 is 0 Å². The fourth-order valence-corrected chi connectivity index (χ4v) is 6.27. The zero-order valence-electron chi connectivity index (χ0n) is 38.5. The third kappa shape index (κ3) is 45.8. The van der Waals surface area contributed by atoms with Gasteiger partial charge in [0, 0.05) is 19.5 Å². The van der Waals surface area contributed by atoms with E-state index in [-0.39, 0.29) is 55.2 Å². The van der Waals surface area contributed by atoms with Crippen molar-refractivity contribution in [2.75, 3.05) is 32.8 Å². The van der Waals surface area contributed by atoms with Crippen molar-refractivity contribution in [1.82, 2.24) is 16.0 Å². The van der Waals surface area contributed by atoms with Crippen LogP contribution in [0.15, 0.2) is 12.4 Å². The van der Waals surface area contributed by atoms with E-state index in [4.69, 9.17) is 15.2 Å². The van der Waals surface area contributed by atoms with Crippen molar-refractivity contribution >= 4 is 23.8 Å². The highest BCUT2D eigenvalue weighted by molar-refractivity contribution is 5.84. The first-order valence-corrected chi connectivity index (χ1v) is 23.6. The molecule has 0 bridgehead atoms. The molecule has 2 unspecified atom stereocenters. The predicted molar refractivity (Wildman–Crippen MR) is 241 cm³/mol. The average Bonchev–Trinajstić information content (AvgIpc) is 3.18. The molecule has 5 N–H and O–H groups in total. The number of nitrogens with two attached hydrogens (primary N) is 1. The van der Waals surface area contributed by atoms with Crippen molar-refractivity contribution < 1.29 is 28.7 Å². The molecule has 0 spiro atoms. The van der Waals surface area contributed by atoms with Crippen LogP contribution in [0.25, 0.3) is 0 Å². The van der Waals surface area contributed by atoms with Crippen LogP contribution in [0.3, 0.4) is 0 Å². The van der Waals surface area contributed by atoms with Gasteiger partial charge in [-0.1, -0.05) is 170 Å². The lowest BCUT2D eigenvalue weighted by Gasteiger charge is -2.16. The van der Waals surface area contributed by atoms with Gasteiger partial charge in [-0.2, -0.15) is 0 Å². The minimum Gasteiger partial charge on any atom is -0.465 e. The molecule has 2 amide bonds. The Bertz CT molecular complexity index is 932. The standard InChI is InChI=1S/C40H76N2O6.C4H10N2.C3H8/c1-5-9-12-14-17-22-29-36(28-21-13-10-6-2)40(46)47-32-24-19-16-15-18-23-31-41-38(44)34-42-37(43)30-25-33-48-39(45)35(26-8-4)27-20-11-7-3;1-3-6-4(2)5;1-3-2/h35-36H,5-34H2,1-4H3,(H,41,44)(H,42,43);6H,2-3,5H2,1H3;3H2,1-2H3. The first kappa shape index (κ1) is 58.5. The largest absolute Gasteiger partial charge is 0.465 e. The maximum absolute atomic E-state index is 12.8. The van der Waals surface area contributed by atoms with E-state index in [9.17, 15) is 19.2 Å².